The molecule has 7 heteroatoms. The van der Waals surface area contributed by atoms with Crippen LogP contribution < -0.4 is 0 Å². The number of halogens is 3. The van der Waals surface area contributed by atoms with E-state index >= 15 is 0 Å². The molecule has 0 bridgehead atoms. The molecule has 0 radical (unpaired) electrons. The second kappa shape index (κ2) is 7.74. The Morgan fingerprint density at radius 2 is 1.90 bits per heavy atom. The fraction of sp³-hybridized carbons (Fsp3) is 0.636. The minimum absolute atomic E-state index is 0.0217. The third kappa shape index (κ3) is 4.20. The van der Waals surface area contributed by atoms with Crippen LogP contribution in [0.2, 0.25) is 0 Å². The van der Waals surface area contributed by atoms with Crippen molar-refractivity contribution in [1.29, 1.82) is 0 Å². The number of fused-ring (bicyclic) bond motifs is 1. The fourth-order valence-corrected chi connectivity index (χ4v) is 4.45. The van der Waals surface area contributed by atoms with Gasteiger partial charge in [0, 0.05) is 12.1 Å². The molecule has 2 aliphatic rings. The Kier molecular flexibility index (Phi) is 5.82. The number of alkyl halides is 3. The maximum absolute atomic E-state index is 14.0. The van der Waals surface area contributed by atoms with Gasteiger partial charge in [0.2, 0.25) is 5.91 Å². The molecule has 160 valence electrons. The number of carbonyl (C=O) groups excluding carboxylic acids is 1. The van der Waals surface area contributed by atoms with Gasteiger partial charge in [0.15, 0.2) is 0 Å². The zero-order chi connectivity index (χ0) is 21.4. The van der Waals surface area contributed by atoms with Gasteiger partial charge in [-0.2, -0.15) is 23.3 Å². The van der Waals surface area contributed by atoms with Crippen LogP contribution in [0.15, 0.2) is 35.4 Å². The molecule has 1 fully saturated rings. The largest absolute Gasteiger partial charge is 0.439 e. The topological polar surface area (TPSA) is 52.9 Å². The third-order valence-electron chi connectivity index (χ3n) is 6.29. The van der Waals surface area contributed by atoms with Crippen LogP contribution in [-0.2, 0) is 11.2 Å². The first-order chi connectivity index (χ1) is 13.4. The van der Waals surface area contributed by atoms with Crippen molar-refractivity contribution in [2.75, 3.05) is 0 Å². The van der Waals surface area contributed by atoms with Crippen molar-refractivity contribution in [2.45, 2.75) is 71.2 Å². The Morgan fingerprint density at radius 3 is 2.48 bits per heavy atom. The summed E-state index contributed by atoms with van der Waals surface area (Å²) >= 11 is 0. The number of hydrazone groups is 1. The van der Waals surface area contributed by atoms with Crippen LogP contribution in [0.3, 0.4) is 0 Å². The number of hydrogen-bond acceptors (Lipinski definition) is 3. The number of amides is 1. The summed E-state index contributed by atoms with van der Waals surface area (Å²) < 4.78 is 42.1. The highest BCUT2D eigenvalue weighted by molar-refractivity contribution is 5.93. The Balaban J connectivity index is 1.77. The number of nitrogens with zero attached hydrogens (tertiary/aromatic N) is 2. The van der Waals surface area contributed by atoms with E-state index in [4.69, 9.17) is 0 Å². The van der Waals surface area contributed by atoms with Gasteiger partial charge in [0.05, 0.1) is 5.92 Å². The number of rotatable bonds is 4. The first-order valence-corrected chi connectivity index (χ1v) is 10.2. The molecule has 0 aromatic heterocycles. The first-order valence-electron chi connectivity index (χ1n) is 10.2. The van der Waals surface area contributed by atoms with Gasteiger partial charge < -0.3 is 5.11 Å². The molecule has 3 atom stereocenters. The average molecular weight is 410 g/mol. The van der Waals surface area contributed by atoms with Gasteiger partial charge in [-0.1, -0.05) is 51.1 Å². The lowest BCUT2D eigenvalue weighted by Gasteiger charge is -2.42. The lowest BCUT2D eigenvalue weighted by molar-refractivity contribution is -0.318. The predicted octanol–water partition coefficient (Wildman–Crippen LogP) is 4.92. The first kappa shape index (κ1) is 21.8. The molecular formula is C22H29F3N2O2. The van der Waals surface area contributed by atoms with Crippen LogP contribution in [0.4, 0.5) is 13.2 Å². The van der Waals surface area contributed by atoms with E-state index in [1.54, 1.807) is 0 Å². The summed E-state index contributed by atoms with van der Waals surface area (Å²) in [6.07, 6.45) is -2.84. The van der Waals surface area contributed by atoms with Crippen molar-refractivity contribution in [3.8, 4) is 0 Å². The summed E-state index contributed by atoms with van der Waals surface area (Å²) in [6.45, 7) is 5.98. The van der Waals surface area contributed by atoms with Gasteiger partial charge in [-0.15, -0.1) is 0 Å². The molecule has 1 heterocycles. The lowest BCUT2D eigenvalue weighted by atomic mass is 9.66. The van der Waals surface area contributed by atoms with Gasteiger partial charge in [-0.3, -0.25) is 4.79 Å². The van der Waals surface area contributed by atoms with Crippen LogP contribution in [0.1, 0.15) is 58.4 Å². The molecule has 0 unspecified atom stereocenters. The quantitative estimate of drug-likeness (QED) is 0.766. The predicted molar refractivity (Wildman–Crippen MR) is 105 cm³/mol. The average Bonchev–Trinajstić information content (AvgIpc) is 2.95. The minimum atomic E-state index is -4.97. The molecule has 4 nitrogen and oxygen atoms in total. The van der Waals surface area contributed by atoms with E-state index in [2.05, 4.69) is 5.10 Å². The maximum atomic E-state index is 14.0. The molecule has 1 aliphatic carbocycles. The summed E-state index contributed by atoms with van der Waals surface area (Å²) in [7, 11) is 0. The molecule has 3 rings (SSSR count). The molecule has 0 saturated heterocycles. The Morgan fingerprint density at radius 1 is 1.24 bits per heavy atom. The second-order valence-corrected chi connectivity index (χ2v) is 9.25. The number of aliphatic hydroxyl groups is 1. The number of hydrogen-bond donors (Lipinski definition) is 1. The SMILES string of the molecule is CC(C)(C)[C@@H]1CCC2=NN(C(=O)CCCc3ccccc3)[C@](O)(C(F)(F)F)[C@@H]2C1. The highest BCUT2D eigenvalue weighted by Gasteiger charge is 2.69. The van der Waals surface area contributed by atoms with Crippen molar-refractivity contribution in [3.63, 3.8) is 0 Å². The van der Waals surface area contributed by atoms with Crippen molar-refractivity contribution in [3.05, 3.63) is 35.9 Å². The van der Waals surface area contributed by atoms with E-state index in [0.717, 1.165) is 5.56 Å². The van der Waals surface area contributed by atoms with Crippen LogP contribution in [-0.4, -0.2) is 33.6 Å². The molecule has 1 aromatic carbocycles. The monoisotopic (exact) mass is 410 g/mol. The maximum Gasteiger partial charge on any atom is 0.439 e. The Labute approximate surface area is 169 Å². The van der Waals surface area contributed by atoms with Gasteiger partial charge >= 0.3 is 6.18 Å². The number of benzene rings is 1. The van der Waals surface area contributed by atoms with Gasteiger partial charge in [-0.25, -0.2) is 0 Å². The highest BCUT2D eigenvalue weighted by Crippen LogP contribution is 2.51. The summed E-state index contributed by atoms with van der Waals surface area (Å²) in [5.41, 5.74) is -2.12. The standard InChI is InChI=1S/C22H29F3N2O2/c1-20(2,3)16-12-13-18-17(14-16)21(29,22(23,24)25)27(26-18)19(28)11-7-10-15-8-5-4-6-9-15/h4-6,8-9,16-17,29H,7,10-14H2,1-3H3/t16-,17-,21-/m1/s1. The normalized spacial score (nSPS) is 27.6. The highest BCUT2D eigenvalue weighted by atomic mass is 19.4. The van der Waals surface area contributed by atoms with Gasteiger partial charge in [0.25, 0.3) is 5.72 Å². The van der Waals surface area contributed by atoms with Crippen LogP contribution in [0.25, 0.3) is 0 Å². The minimum Gasteiger partial charge on any atom is -0.362 e. The van der Waals surface area contributed by atoms with E-state index in [-0.39, 0.29) is 24.2 Å². The molecule has 1 N–H and O–H groups in total. The van der Waals surface area contributed by atoms with Crippen LogP contribution in [0, 0.1) is 17.3 Å². The summed E-state index contributed by atoms with van der Waals surface area (Å²) in [5.74, 6) is -1.96. The number of aryl methyl sites for hydroxylation is 1. The van der Waals surface area contributed by atoms with Gasteiger partial charge in [0.1, 0.15) is 0 Å². The third-order valence-corrected chi connectivity index (χ3v) is 6.29. The smallest absolute Gasteiger partial charge is 0.362 e. The van der Waals surface area contributed by atoms with Crippen molar-refractivity contribution in [2.24, 2.45) is 22.4 Å². The van der Waals surface area contributed by atoms with E-state index in [1.807, 2.05) is 51.1 Å². The van der Waals surface area contributed by atoms with Crippen molar-refractivity contribution >= 4 is 11.6 Å². The molecule has 0 spiro atoms. The van der Waals surface area contributed by atoms with E-state index in [9.17, 15) is 23.1 Å². The second-order valence-electron chi connectivity index (χ2n) is 9.25. The van der Waals surface area contributed by atoms with E-state index in [0.29, 0.717) is 36.4 Å². The zero-order valence-corrected chi connectivity index (χ0v) is 17.2. The Bertz CT molecular complexity index is 771. The zero-order valence-electron chi connectivity index (χ0n) is 17.2. The molecule has 1 amide bonds. The van der Waals surface area contributed by atoms with Crippen molar-refractivity contribution in [1.82, 2.24) is 5.01 Å². The van der Waals surface area contributed by atoms with Crippen LogP contribution >= 0.6 is 0 Å². The molecule has 1 saturated carbocycles. The molecule has 1 aromatic rings. The van der Waals surface area contributed by atoms with E-state index < -0.39 is 23.7 Å². The fourth-order valence-electron chi connectivity index (χ4n) is 4.45. The lowest BCUT2D eigenvalue weighted by Crippen LogP contribution is -2.62. The van der Waals surface area contributed by atoms with Crippen molar-refractivity contribution < 1.29 is 23.1 Å². The van der Waals surface area contributed by atoms with Crippen LogP contribution in [0.5, 0.6) is 0 Å². The number of carbonyl (C=O) groups is 1. The summed E-state index contributed by atoms with van der Waals surface area (Å²) in [5, 5.41) is 15.2. The molecular weight excluding hydrogens is 381 g/mol. The molecule has 29 heavy (non-hydrogen) atoms. The summed E-state index contributed by atoms with van der Waals surface area (Å²) in [4.78, 5) is 12.7. The van der Waals surface area contributed by atoms with Gasteiger partial charge in [-0.05, 0) is 49.0 Å². The Hall–Kier alpha value is -1.89. The summed E-state index contributed by atoms with van der Waals surface area (Å²) in [6, 6.07) is 9.46. The van der Waals surface area contributed by atoms with E-state index in [1.165, 1.54) is 0 Å². The molecule has 1 aliphatic heterocycles.